The number of benzene rings is 1. The van der Waals surface area contributed by atoms with E-state index in [1.165, 1.54) is 35.5 Å². The molecule has 1 nitrogen and oxygen atoms in total. The molecule has 1 N–H and O–H groups in total. The van der Waals surface area contributed by atoms with E-state index in [1.807, 2.05) is 11.8 Å². The van der Waals surface area contributed by atoms with E-state index in [-0.39, 0.29) is 6.61 Å². The Morgan fingerprint density at radius 3 is 2.87 bits per heavy atom. The molecule has 0 aliphatic heterocycles. The van der Waals surface area contributed by atoms with E-state index < -0.39 is 0 Å². The maximum absolute atomic E-state index is 8.85. The lowest BCUT2D eigenvalue weighted by atomic mass is 10.2. The molecular weight excluding hydrogens is 204 g/mol. The van der Waals surface area contributed by atoms with Gasteiger partial charge in [-0.3, -0.25) is 0 Å². The lowest BCUT2D eigenvalue weighted by Gasteiger charge is -2.03. The highest BCUT2D eigenvalue weighted by molar-refractivity contribution is 7.99. The predicted octanol–water partition coefficient (Wildman–Crippen LogP) is 3.50. The smallest absolute Gasteiger partial charge is 0.0471 e. The molecule has 2 heteroatoms. The summed E-state index contributed by atoms with van der Waals surface area (Å²) < 4.78 is 0. The third kappa shape index (κ3) is 5.24. The van der Waals surface area contributed by atoms with E-state index in [0.29, 0.717) is 0 Å². The van der Waals surface area contributed by atoms with Crippen LogP contribution in [0.1, 0.15) is 31.7 Å². The molecule has 1 rings (SSSR count). The molecule has 0 radical (unpaired) electrons. The minimum atomic E-state index is 0.240. The summed E-state index contributed by atoms with van der Waals surface area (Å²) in [4.78, 5) is 1.33. The molecule has 0 bridgehead atoms. The highest BCUT2D eigenvalue weighted by atomic mass is 32.2. The van der Waals surface area contributed by atoms with Gasteiger partial charge < -0.3 is 5.11 Å². The molecule has 0 saturated carbocycles. The fourth-order valence-electron chi connectivity index (χ4n) is 1.46. The Labute approximate surface area is 96.9 Å². The molecule has 1 aromatic carbocycles. The molecule has 0 atom stereocenters. The molecule has 0 aromatic heterocycles. The van der Waals surface area contributed by atoms with Gasteiger partial charge >= 0.3 is 0 Å². The Bertz CT molecular complexity index is 273. The van der Waals surface area contributed by atoms with Crippen molar-refractivity contribution in [3.8, 4) is 0 Å². The van der Waals surface area contributed by atoms with Crippen LogP contribution in [0.25, 0.3) is 0 Å². The molecule has 0 aliphatic carbocycles. The summed E-state index contributed by atoms with van der Waals surface area (Å²) in [5.41, 5.74) is 1.23. The summed E-state index contributed by atoms with van der Waals surface area (Å²) in [6, 6.07) is 8.49. The normalized spacial score (nSPS) is 10.5. The molecule has 0 spiro atoms. The molecule has 84 valence electrons. The van der Waals surface area contributed by atoms with Crippen molar-refractivity contribution < 1.29 is 5.11 Å². The lowest BCUT2D eigenvalue weighted by Crippen LogP contribution is -1.90. The van der Waals surface area contributed by atoms with E-state index in [2.05, 4.69) is 31.2 Å². The number of hydrogen-bond donors (Lipinski definition) is 1. The van der Waals surface area contributed by atoms with Crippen LogP contribution in [0.3, 0.4) is 0 Å². The number of rotatable bonds is 7. The van der Waals surface area contributed by atoms with Crippen LogP contribution in [0.2, 0.25) is 0 Å². The van der Waals surface area contributed by atoms with E-state index in [0.717, 1.165) is 6.42 Å². The lowest BCUT2D eigenvalue weighted by molar-refractivity contribution is 0.299. The van der Waals surface area contributed by atoms with Crippen molar-refractivity contribution in [2.45, 2.75) is 37.5 Å². The van der Waals surface area contributed by atoms with Gasteiger partial charge in [0.15, 0.2) is 0 Å². The minimum absolute atomic E-state index is 0.240. The van der Waals surface area contributed by atoms with Gasteiger partial charge in [-0.05, 0) is 36.3 Å². The van der Waals surface area contributed by atoms with Gasteiger partial charge in [0.1, 0.15) is 0 Å². The van der Waals surface area contributed by atoms with E-state index in [4.69, 9.17) is 5.11 Å². The standard InChI is InChI=1S/C13H20OS/c1-2-3-4-10-15-13-7-5-6-12(11-13)8-9-14/h5-7,11,14H,2-4,8-10H2,1H3. The van der Waals surface area contributed by atoms with Crippen molar-refractivity contribution in [3.05, 3.63) is 29.8 Å². The first-order valence-electron chi connectivity index (χ1n) is 5.69. The Kier molecular flexibility index (Phi) is 6.53. The monoisotopic (exact) mass is 224 g/mol. The molecule has 0 amide bonds. The van der Waals surface area contributed by atoms with Crippen LogP contribution < -0.4 is 0 Å². The third-order valence-electron chi connectivity index (χ3n) is 2.32. The SMILES string of the molecule is CCCCCSc1cccc(CCO)c1. The molecule has 15 heavy (non-hydrogen) atoms. The minimum Gasteiger partial charge on any atom is -0.396 e. The maximum Gasteiger partial charge on any atom is 0.0471 e. The highest BCUT2D eigenvalue weighted by Gasteiger charge is 1.96. The molecule has 0 heterocycles. The maximum atomic E-state index is 8.85. The molecule has 0 unspecified atom stereocenters. The molecule has 0 aliphatic rings. The summed E-state index contributed by atoms with van der Waals surface area (Å²) in [7, 11) is 0. The van der Waals surface area contributed by atoms with Crippen LogP contribution >= 0.6 is 11.8 Å². The van der Waals surface area contributed by atoms with E-state index in [9.17, 15) is 0 Å². The van der Waals surface area contributed by atoms with Gasteiger partial charge in [-0.25, -0.2) is 0 Å². The van der Waals surface area contributed by atoms with Gasteiger partial charge in [-0.15, -0.1) is 11.8 Å². The van der Waals surface area contributed by atoms with Crippen molar-refractivity contribution in [2.75, 3.05) is 12.4 Å². The van der Waals surface area contributed by atoms with E-state index in [1.54, 1.807) is 0 Å². The number of aliphatic hydroxyl groups excluding tert-OH is 1. The Hall–Kier alpha value is -0.470. The summed E-state index contributed by atoms with van der Waals surface area (Å²) in [5, 5.41) is 8.85. The molecule has 0 fully saturated rings. The summed E-state index contributed by atoms with van der Waals surface area (Å²) in [5.74, 6) is 1.20. The van der Waals surface area contributed by atoms with Crippen LogP contribution in [-0.2, 0) is 6.42 Å². The van der Waals surface area contributed by atoms with Crippen molar-refractivity contribution in [2.24, 2.45) is 0 Å². The zero-order chi connectivity index (χ0) is 10.9. The predicted molar refractivity (Wildman–Crippen MR) is 67.5 cm³/mol. The molecular formula is C13H20OS. The van der Waals surface area contributed by atoms with Crippen LogP contribution in [0, 0.1) is 0 Å². The summed E-state index contributed by atoms with van der Waals surface area (Å²) in [6.45, 7) is 2.47. The molecule has 0 saturated heterocycles. The van der Waals surface area contributed by atoms with Crippen molar-refractivity contribution in [1.29, 1.82) is 0 Å². The second kappa shape index (κ2) is 7.77. The Morgan fingerprint density at radius 2 is 2.13 bits per heavy atom. The van der Waals surface area contributed by atoms with Crippen molar-refractivity contribution >= 4 is 11.8 Å². The van der Waals surface area contributed by atoms with Gasteiger partial charge in [-0.1, -0.05) is 31.9 Å². The zero-order valence-electron chi connectivity index (χ0n) is 9.41. The second-order valence-corrected chi connectivity index (χ2v) is 4.84. The topological polar surface area (TPSA) is 20.2 Å². The zero-order valence-corrected chi connectivity index (χ0v) is 10.2. The number of hydrogen-bond acceptors (Lipinski definition) is 2. The van der Waals surface area contributed by atoms with E-state index >= 15 is 0 Å². The van der Waals surface area contributed by atoms with Crippen LogP contribution in [0.15, 0.2) is 29.2 Å². The number of unbranched alkanes of at least 4 members (excludes halogenated alkanes) is 2. The first kappa shape index (κ1) is 12.6. The third-order valence-corrected chi connectivity index (χ3v) is 3.40. The fourth-order valence-corrected chi connectivity index (χ4v) is 2.46. The van der Waals surface area contributed by atoms with Crippen LogP contribution in [0.4, 0.5) is 0 Å². The highest BCUT2D eigenvalue weighted by Crippen LogP contribution is 2.20. The second-order valence-electron chi connectivity index (χ2n) is 3.68. The Morgan fingerprint density at radius 1 is 1.27 bits per heavy atom. The quantitative estimate of drug-likeness (QED) is 0.565. The summed E-state index contributed by atoms with van der Waals surface area (Å²) >= 11 is 1.92. The average Bonchev–Trinajstić information content (AvgIpc) is 2.26. The van der Waals surface area contributed by atoms with Gasteiger partial charge in [0.2, 0.25) is 0 Å². The Balaban J connectivity index is 2.36. The largest absolute Gasteiger partial charge is 0.396 e. The van der Waals surface area contributed by atoms with Gasteiger partial charge in [0.25, 0.3) is 0 Å². The number of thioether (sulfide) groups is 1. The van der Waals surface area contributed by atoms with Gasteiger partial charge in [0, 0.05) is 11.5 Å². The fraction of sp³-hybridized carbons (Fsp3) is 0.538. The van der Waals surface area contributed by atoms with Gasteiger partial charge in [-0.2, -0.15) is 0 Å². The van der Waals surface area contributed by atoms with Crippen molar-refractivity contribution in [1.82, 2.24) is 0 Å². The van der Waals surface area contributed by atoms with Crippen LogP contribution in [-0.4, -0.2) is 17.5 Å². The van der Waals surface area contributed by atoms with Crippen molar-refractivity contribution in [3.63, 3.8) is 0 Å². The van der Waals surface area contributed by atoms with Gasteiger partial charge in [0.05, 0.1) is 0 Å². The first-order valence-corrected chi connectivity index (χ1v) is 6.68. The molecule has 1 aromatic rings. The summed E-state index contributed by atoms with van der Waals surface area (Å²) in [6.07, 6.45) is 4.67. The first-order chi connectivity index (χ1) is 7.36. The average molecular weight is 224 g/mol. The van der Waals surface area contributed by atoms with Crippen LogP contribution in [0.5, 0.6) is 0 Å². The number of aliphatic hydroxyl groups is 1.